The van der Waals surface area contributed by atoms with Gasteiger partial charge in [-0.15, -0.1) is 0 Å². The van der Waals surface area contributed by atoms with Crippen molar-refractivity contribution in [3.63, 3.8) is 0 Å². The van der Waals surface area contributed by atoms with E-state index in [2.05, 4.69) is 0 Å². The van der Waals surface area contributed by atoms with E-state index in [-0.39, 0.29) is 0 Å². The predicted molar refractivity (Wildman–Crippen MR) is 49.4 cm³/mol. The Hall–Kier alpha value is -0.960. The van der Waals surface area contributed by atoms with Crippen molar-refractivity contribution in [1.29, 1.82) is 0 Å². The molecule has 1 rings (SSSR count). The molecule has 0 saturated carbocycles. The van der Waals surface area contributed by atoms with Gasteiger partial charge in [-0.25, -0.2) is 0 Å². The second-order valence-corrected chi connectivity index (χ2v) is 3.47. The molecule has 0 amide bonds. The zero-order valence-electron chi connectivity index (χ0n) is 6.97. The number of rotatable bonds is 3. The maximum absolute atomic E-state index is 10.4. The van der Waals surface area contributed by atoms with Crippen molar-refractivity contribution in [2.75, 3.05) is 7.11 Å². The quantitative estimate of drug-likeness (QED) is 0.548. The van der Waals surface area contributed by atoms with Gasteiger partial charge in [0.1, 0.15) is 12.0 Å². The first-order valence-corrected chi connectivity index (χ1v) is 4.74. The molecule has 0 bridgehead atoms. The maximum Gasteiger partial charge on any atom is 0.199 e. The lowest BCUT2D eigenvalue weighted by atomic mass is 10.2. The van der Waals surface area contributed by atoms with Crippen LogP contribution in [0.5, 0.6) is 5.75 Å². The summed E-state index contributed by atoms with van der Waals surface area (Å²) in [4.78, 5) is 28.3. The lowest BCUT2D eigenvalue weighted by Gasteiger charge is -2.06. The van der Waals surface area contributed by atoms with Gasteiger partial charge in [-0.2, -0.15) is 0 Å². The molecule has 0 unspecified atom stereocenters. The minimum atomic E-state index is -2.18. The molecular weight excluding hydrogens is 191 g/mol. The molecule has 0 radical (unpaired) electrons. The molecule has 1 aromatic rings. The summed E-state index contributed by atoms with van der Waals surface area (Å²) in [5.41, 5.74) is 0.366. The van der Waals surface area contributed by atoms with E-state index < -0.39 is 8.38 Å². The predicted octanol–water partition coefficient (Wildman–Crippen LogP) is 0.430. The highest BCUT2D eigenvalue weighted by molar-refractivity contribution is 7.54. The smallest absolute Gasteiger partial charge is 0.199 e. The van der Waals surface area contributed by atoms with E-state index in [4.69, 9.17) is 14.5 Å². The molecule has 4 nitrogen and oxygen atoms in total. The van der Waals surface area contributed by atoms with Gasteiger partial charge >= 0.3 is 0 Å². The SMILES string of the molecule is COc1cc(C=O)cc(P(O)O)c1. The van der Waals surface area contributed by atoms with Crippen molar-refractivity contribution in [2.45, 2.75) is 0 Å². The van der Waals surface area contributed by atoms with Gasteiger partial charge in [0.2, 0.25) is 0 Å². The Balaban J connectivity index is 3.14. The standard InChI is InChI=1S/C8H9O4P/c1-12-7-2-6(5-9)3-8(4-7)13(10)11/h2-5,10-11H,1H3. The summed E-state index contributed by atoms with van der Waals surface area (Å²) < 4.78 is 4.88. The third-order valence-electron chi connectivity index (χ3n) is 1.52. The van der Waals surface area contributed by atoms with E-state index in [1.54, 1.807) is 0 Å². The average Bonchev–Trinajstić information content (AvgIpc) is 2.16. The van der Waals surface area contributed by atoms with Crippen molar-refractivity contribution >= 4 is 20.0 Å². The van der Waals surface area contributed by atoms with Crippen molar-refractivity contribution in [3.8, 4) is 5.75 Å². The van der Waals surface area contributed by atoms with Crippen LogP contribution in [0.2, 0.25) is 0 Å². The molecule has 0 aliphatic carbocycles. The van der Waals surface area contributed by atoms with E-state index in [1.165, 1.54) is 25.3 Å². The molecule has 0 heterocycles. The molecule has 2 N–H and O–H groups in total. The molecule has 13 heavy (non-hydrogen) atoms. The Bertz CT molecular complexity index is 311. The number of ether oxygens (including phenoxy) is 1. The van der Waals surface area contributed by atoms with Crippen LogP contribution in [-0.4, -0.2) is 23.2 Å². The maximum atomic E-state index is 10.4. The summed E-state index contributed by atoms with van der Waals surface area (Å²) in [5, 5.41) is 0.302. The number of carbonyl (C=O) groups is 1. The van der Waals surface area contributed by atoms with Crippen molar-refractivity contribution in [3.05, 3.63) is 23.8 Å². The van der Waals surface area contributed by atoms with Crippen LogP contribution in [0.25, 0.3) is 0 Å². The Morgan fingerprint density at radius 2 is 2.08 bits per heavy atom. The second kappa shape index (κ2) is 4.33. The van der Waals surface area contributed by atoms with Crippen LogP contribution in [0.3, 0.4) is 0 Å². The molecule has 0 atom stereocenters. The zero-order chi connectivity index (χ0) is 9.84. The van der Waals surface area contributed by atoms with Crippen LogP contribution in [0.4, 0.5) is 0 Å². The van der Waals surface area contributed by atoms with Gasteiger partial charge in [-0.05, 0) is 18.2 Å². The third-order valence-corrected chi connectivity index (χ3v) is 2.24. The van der Waals surface area contributed by atoms with Gasteiger partial charge in [0.05, 0.1) is 7.11 Å². The van der Waals surface area contributed by atoms with Gasteiger partial charge in [0, 0.05) is 10.9 Å². The molecule has 0 aliphatic rings. The molecule has 70 valence electrons. The van der Waals surface area contributed by atoms with Gasteiger partial charge < -0.3 is 14.5 Å². The summed E-state index contributed by atoms with van der Waals surface area (Å²) in [6.45, 7) is 0. The van der Waals surface area contributed by atoms with Gasteiger partial charge in [-0.3, -0.25) is 4.79 Å². The molecule has 0 aromatic heterocycles. The van der Waals surface area contributed by atoms with Gasteiger partial charge in [-0.1, -0.05) is 0 Å². The summed E-state index contributed by atoms with van der Waals surface area (Å²) in [7, 11) is -0.729. The Kier molecular flexibility index (Phi) is 3.37. The summed E-state index contributed by atoms with van der Waals surface area (Å²) in [6, 6.07) is 4.43. The molecule has 0 fully saturated rings. The van der Waals surface area contributed by atoms with Crippen LogP contribution < -0.4 is 10.0 Å². The number of benzene rings is 1. The van der Waals surface area contributed by atoms with Crippen molar-refractivity contribution in [1.82, 2.24) is 0 Å². The van der Waals surface area contributed by atoms with Crippen LogP contribution in [0, 0.1) is 0 Å². The molecular formula is C8H9O4P. The van der Waals surface area contributed by atoms with Gasteiger partial charge in [0.25, 0.3) is 0 Å². The first-order valence-electron chi connectivity index (χ1n) is 3.49. The highest BCUT2D eigenvalue weighted by Gasteiger charge is 2.07. The fourth-order valence-electron chi connectivity index (χ4n) is 0.907. The number of aldehydes is 1. The van der Waals surface area contributed by atoms with E-state index in [9.17, 15) is 4.79 Å². The minimum Gasteiger partial charge on any atom is -0.497 e. The van der Waals surface area contributed by atoms with Gasteiger partial charge in [0.15, 0.2) is 8.38 Å². The molecule has 0 aliphatic heterocycles. The summed E-state index contributed by atoms with van der Waals surface area (Å²) in [5.74, 6) is 0.440. The first-order chi connectivity index (χ1) is 6.17. The monoisotopic (exact) mass is 200 g/mol. The van der Waals surface area contributed by atoms with Crippen LogP contribution in [0.15, 0.2) is 18.2 Å². The number of methoxy groups -OCH3 is 1. The second-order valence-electron chi connectivity index (χ2n) is 2.37. The molecule has 0 spiro atoms. The van der Waals surface area contributed by atoms with Crippen molar-refractivity contribution in [2.24, 2.45) is 0 Å². The minimum absolute atomic E-state index is 0.302. The highest BCUT2D eigenvalue weighted by Crippen LogP contribution is 2.25. The fraction of sp³-hybridized carbons (Fsp3) is 0.125. The van der Waals surface area contributed by atoms with Crippen molar-refractivity contribution < 1.29 is 19.3 Å². The molecule has 0 saturated heterocycles. The topological polar surface area (TPSA) is 66.8 Å². The van der Waals surface area contributed by atoms with E-state index in [0.717, 1.165) is 0 Å². The van der Waals surface area contributed by atoms with E-state index in [1.807, 2.05) is 0 Å². The summed E-state index contributed by atoms with van der Waals surface area (Å²) in [6.07, 6.45) is 0.630. The van der Waals surface area contributed by atoms with Crippen LogP contribution in [0.1, 0.15) is 10.4 Å². The number of hydrogen-bond donors (Lipinski definition) is 2. The summed E-state index contributed by atoms with van der Waals surface area (Å²) >= 11 is 0. The lowest BCUT2D eigenvalue weighted by molar-refractivity contribution is 0.112. The third kappa shape index (κ3) is 2.49. The Labute approximate surface area is 76.7 Å². The average molecular weight is 200 g/mol. The molecule has 5 heteroatoms. The number of hydrogen-bond acceptors (Lipinski definition) is 4. The molecule has 1 aromatic carbocycles. The van der Waals surface area contributed by atoms with Crippen LogP contribution >= 0.6 is 8.38 Å². The van der Waals surface area contributed by atoms with E-state index >= 15 is 0 Å². The van der Waals surface area contributed by atoms with E-state index in [0.29, 0.717) is 22.9 Å². The first kappa shape index (κ1) is 10.1. The zero-order valence-corrected chi connectivity index (χ0v) is 7.86. The Morgan fingerprint density at radius 3 is 2.54 bits per heavy atom. The normalized spacial score (nSPS) is 10.2. The highest BCUT2D eigenvalue weighted by atomic mass is 31.2. The largest absolute Gasteiger partial charge is 0.497 e. The van der Waals surface area contributed by atoms with Crippen LogP contribution in [-0.2, 0) is 0 Å². The Morgan fingerprint density at radius 1 is 1.38 bits per heavy atom. The fourth-order valence-corrected chi connectivity index (χ4v) is 1.41. The number of carbonyl (C=O) groups excluding carboxylic acids is 1. The lowest BCUT2D eigenvalue weighted by Crippen LogP contribution is -2.02.